The average molecular weight is 381 g/mol. The Balaban J connectivity index is 0.00000113. The molecule has 0 saturated carbocycles. The van der Waals surface area contributed by atoms with Gasteiger partial charge in [-0.3, -0.25) is 0 Å². The third-order valence-electron chi connectivity index (χ3n) is 5.60. The number of hydrogen-bond donors (Lipinski definition) is 2. The van der Waals surface area contributed by atoms with Gasteiger partial charge in [0, 0.05) is 5.56 Å². The van der Waals surface area contributed by atoms with E-state index in [9.17, 15) is 0 Å². The zero-order chi connectivity index (χ0) is 15.7. The Labute approximate surface area is 162 Å². The Morgan fingerprint density at radius 3 is 2.16 bits per heavy atom. The number of likely N-dealkylation sites (tertiary alicyclic amines) is 1. The molecule has 2 aromatic rings. The number of hydrogen-bond acceptors (Lipinski definition) is 1. The van der Waals surface area contributed by atoms with E-state index in [4.69, 9.17) is 4.74 Å². The van der Waals surface area contributed by atoms with E-state index < -0.39 is 0 Å². The molecule has 0 aromatic heterocycles. The maximum atomic E-state index is 6.26. The molecule has 0 aliphatic carbocycles. The Hall–Kier alpha value is -1.10. The minimum atomic E-state index is 0. The first kappa shape index (κ1) is 20.2. The summed E-state index contributed by atoms with van der Waals surface area (Å²) in [5.74, 6) is 0. The highest BCUT2D eigenvalue weighted by Crippen LogP contribution is 2.21. The van der Waals surface area contributed by atoms with Gasteiger partial charge in [0.05, 0.1) is 7.05 Å². The van der Waals surface area contributed by atoms with Crippen LogP contribution in [0.15, 0.2) is 60.7 Å². The standard InChI is InChI=1S/C20H24N2O.2ClH/c1-21-13-19(18-10-6-3-7-11-18)23-16-20(21)14-22(15-20)12-17-8-4-2-5-9-17;;/h2-11,19H,12-16H2,1H3;2*1H. The van der Waals surface area contributed by atoms with Crippen LogP contribution < -0.4 is 34.6 Å². The van der Waals surface area contributed by atoms with Gasteiger partial charge < -0.3 is 39.4 Å². The third-order valence-corrected chi connectivity index (χ3v) is 5.60. The van der Waals surface area contributed by atoms with Crippen molar-refractivity contribution in [1.29, 1.82) is 0 Å². The molecule has 0 radical (unpaired) electrons. The predicted molar refractivity (Wildman–Crippen MR) is 90.5 cm³/mol. The second kappa shape index (κ2) is 8.52. The van der Waals surface area contributed by atoms with Crippen LogP contribution >= 0.6 is 0 Å². The molecular weight excluding hydrogens is 355 g/mol. The first-order valence-electron chi connectivity index (χ1n) is 8.62. The van der Waals surface area contributed by atoms with Crippen molar-refractivity contribution >= 4 is 0 Å². The lowest BCUT2D eigenvalue weighted by Crippen LogP contribution is -3.38. The summed E-state index contributed by atoms with van der Waals surface area (Å²) in [4.78, 5) is 3.31. The van der Waals surface area contributed by atoms with Crippen molar-refractivity contribution in [2.75, 3.05) is 33.3 Å². The smallest absolute Gasteiger partial charge is 0.219 e. The Morgan fingerprint density at radius 1 is 0.960 bits per heavy atom. The fraction of sp³-hybridized carbons (Fsp3) is 0.400. The van der Waals surface area contributed by atoms with E-state index in [-0.39, 0.29) is 30.9 Å². The van der Waals surface area contributed by atoms with Crippen LogP contribution in [0.5, 0.6) is 0 Å². The van der Waals surface area contributed by atoms with Crippen molar-refractivity contribution in [2.24, 2.45) is 0 Å². The largest absolute Gasteiger partial charge is 1.00 e. The van der Waals surface area contributed by atoms with Crippen molar-refractivity contribution in [3.05, 3.63) is 71.8 Å². The monoisotopic (exact) mass is 380 g/mol. The van der Waals surface area contributed by atoms with Crippen LogP contribution in [0.25, 0.3) is 0 Å². The number of quaternary nitrogens is 2. The summed E-state index contributed by atoms with van der Waals surface area (Å²) in [5, 5.41) is 0. The summed E-state index contributed by atoms with van der Waals surface area (Å²) in [5.41, 5.74) is 3.08. The molecule has 2 heterocycles. The van der Waals surface area contributed by atoms with Gasteiger partial charge in [0.2, 0.25) is 5.54 Å². The van der Waals surface area contributed by atoms with Gasteiger partial charge in [-0.1, -0.05) is 60.7 Å². The Morgan fingerprint density at radius 2 is 1.56 bits per heavy atom. The number of morpholine rings is 1. The van der Waals surface area contributed by atoms with E-state index in [0.717, 1.165) is 19.7 Å². The third kappa shape index (κ3) is 4.18. The van der Waals surface area contributed by atoms with Gasteiger partial charge in [-0.2, -0.15) is 0 Å². The molecule has 25 heavy (non-hydrogen) atoms. The fourth-order valence-electron chi connectivity index (χ4n) is 4.14. The van der Waals surface area contributed by atoms with Gasteiger partial charge in [0.1, 0.15) is 38.9 Å². The SMILES string of the molecule is C[NH+]1CC(c2ccccc2)OCC12C[NH+](Cc1ccccc1)C2.[Cl-].[Cl-]. The first-order valence-corrected chi connectivity index (χ1v) is 8.62. The number of likely N-dealkylation sites (N-methyl/N-ethyl adjacent to an activating group) is 1. The lowest BCUT2D eigenvalue weighted by molar-refractivity contribution is -1.08. The fourth-order valence-corrected chi connectivity index (χ4v) is 4.14. The second-order valence-electron chi connectivity index (χ2n) is 7.24. The van der Waals surface area contributed by atoms with Crippen LogP contribution in [0.3, 0.4) is 0 Å². The minimum Gasteiger partial charge on any atom is -1.00 e. The zero-order valence-corrected chi connectivity index (χ0v) is 16.1. The summed E-state index contributed by atoms with van der Waals surface area (Å²) in [7, 11) is 2.34. The van der Waals surface area contributed by atoms with Crippen LogP contribution in [0.1, 0.15) is 17.2 Å². The van der Waals surface area contributed by atoms with E-state index in [1.807, 2.05) is 0 Å². The van der Waals surface area contributed by atoms with E-state index in [1.165, 1.54) is 24.2 Å². The first-order chi connectivity index (χ1) is 11.3. The van der Waals surface area contributed by atoms with Crippen molar-refractivity contribution in [3.63, 3.8) is 0 Å². The number of halogens is 2. The van der Waals surface area contributed by atoms with Gasteiger partial charge in [-0.15, -0.1) is 0 Å². The molecule has 136 valence electrons. The van der Waals surface area contributed by atoms with Crippen LogP contribution in [0.2, 0.25) is 0 Å². The molecular formula is C20H26Cl2N2O. The van der Waals surface area contributed by atoms with Gasteiger partial charge in [-0.05, 0) is 5.56 Å². The molecule has 2 aliphatic heterocycles. The molecule has 3 nitrogen and oxygen atoms in total. The summed E-state index contributed by atoms with van der Waals surface area (Å²) in [6, 6.07) is 21.5. The van der Waals surface area contributed by atoms with E-state index in [1.54, 1.807) is 9.80 Å². The van der Waals surface area contributed by atoms with Crippen LogP contribution in [-0.4, -0.2) is 38.8 Å². The molecule has 2 aromatic carbocycles. The molecule has 2 unspecified atom stereocenters. The quantitative estimate of drug-likeness (QED) is 0.542. The Kier molecular flexibility index (Phi) is 6.89. The van der Waals surface area contributed by atoms with Gasteiger partial charge in [-0.25, -0.2) is 0 Å². The van der Waals surface area contributed by atoms with Crippen molar-refractivity contribution in [2.45, 2.75) is 18.2 Å². The van der Waals surface area contributed by atoms with Gasteiger partial charge in [0.25, 0.3) is 0 Å². The molecule has 0 bridgehead atoms. The van der Waals surface area contributed by atoms with Gasteiger partial charge in [0.15, 0.2) is 0 Å². The molecule has 2 atom stereocenters. The van der Waals surface area contributed by atoms with Crippen molar-refractivity contribution < 1.29 is 39.4 Å². The molecule has 2 aliphatic rings. The van der Waals surface area contributed by atoms with E-state index in [2.05, 4.69) is 67.7 Å². The predicted octanol–water partition coefficient (Wildman–Crippen LogP) is -5.88. The summed E-state index contributed by atoms with van der Waals surface area (Å²) < 4.78 is 6.26. The molecule has 2 fully saturated rings. The van der Waals surface area contributed by atoms with Crippen molar-refractivity contribution in [3.8, 4) is 0 Å². The second-order valence-corrected chi connectivity index (χ2v) is 7.24. The summed E-state index contributed by atoms with van der Waals surface area (Å²) >= 11 is 0. The van der Waals surface area contributed by atoms with E-state index >= 15 is 0 Å². The maximum Gasteiger partial charge on any atom is 0.219 e. The average Bonchev–Trinajstić information content (AvgIpc) is 2.57. The zero-order valence-electron chi connectivity index (χ0n) is 14.6. The van der Waals surface area contributed by atoms with Crippen LogP contribution in [-0.2, 0) is 11.3 Å². The van der Waals surface area contributed by atoms with Crippen LogP contribution in [0.4, 0.5) is 0 Å². The summed E-state index contributed by atoms with van der Waals surface area (Å²) in [6.07, 6.45) is 0.250. The lowest BCUT2D eigenvalue weighted by Gasteiger charge is -2.51. The molecule has 4 rings (SSSR count). The topological polar surface area (TPSA) is 18.1 Å². The highest BCUT2D eigenvalue weighted by molar-refractivity contribution is 5.18. The molecule has 2 saturated heterocycles. The maximum absolute atomic E-state index is 6.26. The number of benzene rings is 2. The highest BCUT2D eigenvalue weighted by Gasteiger charge is 2.57. The number of nitrogens with one attached hydrogen (secondary N) is 2. The minimum absolute atomic E-state index is 0. The molecule has 5 heteroatoms. The molecule has 2 N–H and O–H groups in total. The molecule has 0 amide bonds. The van der Waals surface area contributed by atoms with E-state index in [0.29, 0.717) is 5.54 Å². The van der Waals surface area contributed by atoms with Crippen LogP contribution in [0, 0.1) is 0 Å². The van der Waals surface area contributed by atoms with Crippen molar-refractivity contribution in [1.82, 2.24) is 0 Å². The Bertz CT molecular complexity index is 642. The normalized spacial score (nSPS) is 30.7. The van der Waals surface area contributed by atoms with Gasteiger partial charge >= 0.3 is 0 Å². The lowest BCUT2D eigenvalue weighted by atomic mass is 9.86. The number of rotatable bonds is 3. The molecule has 1 spiro atoms. The summed E-state index contributed by atoms with van der Waals surface area (Å²) in [6.45, 7) is 5.53. The number of ether oxygens (including phenoxy) is 1. The highest BCUT2D eigenvalue weighted by atomic mass is 35.5.